The van der Waals surface area contributed by atoms with Crippen LogP contribution in [0, 0.1) is 0 Å². The van der Waals surface area contributed by atoms with E-state index in [1.807, 2.05) is 48.5 Å². The van der Waals surface area contributed by atoms with Crippen molar-refractivity contribution < 1.29 is 36.2 Å². The summed E-state index contributed by atoms with van der Waals surface area (Å²) in [4.78, 5) is 1.72. The maximum atomic E-state index is 13.2. The van der Waals surface area contributed by atoms with Crippen molar-refractivity contribution in [2.45, 2.75) is 66.1 Å². The van der Waals surface area contributed by atoms with Gasteiger partial charge < -0.3 is 9.84 Å². The maximum Gasteiger partial charge on any atom is 0.389 e. The van der Waals surface area contributed by atoms with E-state index >= 15 is 0 Å². The number of hydrogen-bond donors (Lipinski definition) is 1. The summed E-state index contributed by atoms with van der Waals surface area (Å²) in [6.45, 7) is 0. The zero-order valence-electron chi connectivity index (χ0n) is 22.2. The number of methoxy groups -OCH3 is 1. The van der Waals surface area contributed by atoms with E-state index in [1.54, 1.807) is 18.2 Å². The zero-order chi connectivity index (χ0) is 29.4. The number of benzene rings is 4. The summed E-state index contributed by atoms with van der Waals surface area (Å²) in [5.74, 6) is 0.437. The molecule has 0 spiro atoms. The summed E-state index contributed by atoms with van der Waals surface area (Å²) in [6.07, 6.45) is -11.4. The second-order valence-corrected chi connectivity index (χ2v) is 11.5. The highest BCUT2D eigenvalue weighted by Crippen LogP contribution is 2.58. The van der Waals surface area contributed by atoms with Crippen LogP contribution in [-0.4, -0.2) is 24.6 Å². The van der Waals surface area contributed by atoms with Crippen LogP contribution in [0.3, 0.4) is 0 Å². The van der Waals surface area contributed by atoms with Gasteiger partial charge in [-0.05, 0) is 83.7 Å². The molecule has 0 amide bonds. The summed E-state index contributed by atoms with van der Waals surface area (Å²) < 4.78 is 84.9. The molecule has 216 valence electrons. The minimum Gasteiger partial charge on any atom is -0.507 e. The fraction of sp³-hybridized carbons (Fsp3) is 0.312. The fourth-order valence-electron chi connectivity index (χ4n) is 6.04. The molecule has 0 heterocycles. The quantitative estimate of drug-likeness (QED) is 0.197. The maximum absolute atomic E-state index is 13.2. The Balaban J connectivity index is 1.71. The van der Waals surface area contributed by atoms with Crippen LogP contribution in [0.1, 0.15) is 49.7 Å². The van der Waals surface area contributed by atoms with Gasteiger partial charge in [0.05, 0.1) is 12.0 Å². The van der Waals surface area contributed by atoms with Crippen LogP contribution in [0.25, 0.3) is 21.9 Å². The van der Waals surface area contributed by atoms with Crippen LogP contribution >= 0.6 is 11.8 Å². The molecule has 0 aliphatic heterocycles. The molecule has 4 aromatic rings. The molecule has 0 radical (unpaired) electrons. The van der Waals surface area contributed by atoms with Gasteiger partial charge >= 0.3 is 12.4 Å². The first kappa shape index (κ1) is 29.2. The third kappa shape index (κ3) is 6.01. The van der Waals surface area contributed by atoms with Gasteiger partial charge in [0.25, 0.3) is 0 Å². The Kier molecular flexibility index (Phi) is 7.94. The van der Waals surface area contributed by atoms with Crippen molar-refractivity contribution in [3.8, 4) is 22.6 Å². The Morgan fingerprint density at radius 3 is 1.98 bits per heavy atom. The van der Waals surface area contributed by atoms with Crippen LogP contribution in [-0.2, 0) is 5.41 Å². The first-order valence-electron chi connectivity index (χ1n) is 13.3. The first-order valence-corrected chi connectivity index (χ1v) is 14.1. The Bertz CT molecular complexity index is 1530. The van der Waals surface area contributed by atoms with Gasteiger partial charge in [-0.3, -0.25) is 0 Å². The van der Waals surface area contributed by atoms with Crippen molar-refractivity contribution in [1.82, 2.24) is 0 Å². The number of alkyl halides is 6. The zero-order valence-corrected chi connectivity index (χ0v) is 23.0. The molecule has 5 rings (SSSR count). The normalized spacial score (nSPS) is 14.2. The standard InChI is InChI=1S/C32H28F6O2S/c1-40-27-17-22-23(18-28(27)41-20-9-3-2-4-10-20)29-21-11-5-6-12-24(21)30(25(29)19-26(22)39,13-7-15-31(33,34)35)14-8-16-32(36,37)38/h2-6,9-12,17-19,39H,7-8,13-16H2,1H3. The highest BCUT2D eigenvalue weighted by atomic mass is 32.2. The smallest absolute Gasteiger partial charge is 0.389 e. The molecule has 1 aliphatic rings. The number of fused-ring (bicyclic) bond motifs is 5. The van der Waals surface area contributed by atoms with Gasteiger partial charge in [0.15, 0.2) is 0 Å². The fourth-order valence-corrected chi connectivity index (χ4v) is 7.01. The summed E-state index contributed by atoms with van der Waals surface area (Å²) in [5.41, 5.74) is 1.63. The van der Waals surface area contributed by atoms with E-state index in [0.29, 0.717) is 27.6 Å². The number of rotatable bonds is 9. The van der Waals surface area contributed by atoms with Crippen molar-refractivity contribution >= 4 is 22.5 Å². The minimum atomic E-state index is -4.39. The molecule has 0 aromatic heterocycles. The molecule has 0 saturated carbocycles. The summed E-state index contributed by atoms with van der Waals surface area (Å²) in [6, 6.07) is 22.0. The monoisotopic (exact) mass is 590 g/mol. The van der Waals surface area contributed by atoms with E-state index in [4.69, 9.17) is 4.74 Å². The van der Waals surface area contributed by atoms with E-state index in [9.17, 15) is 31.4 Å². The molecular weight excluding hydrogens is 562 g/mol. The predicted octanol–water partition coefficient (Wildman–Crippen LogP) is 10.4. The second kappa shape index (κ2) is 11.2. The van der Waals surface area contributed by atoms with Crippen molar-refractivity contribution in [3.63, 3.8) is 0 Å². The Labute approximate surface area is 238 Å². The molecule has 0 fully saturated rings. The Morgan fingerprint density at radius 2 is 1.37 bits per heavy atom. The van der Waals surface area contributed by atoms with Gasteiger partial charge in [-0.15, -0.1) is 0 Å². The molecule has 0 unspecified atom stereocenters. The Hall–Kier alpha value is -3.33. The third-order valence-corrected chi connectivity index (χ3v) is 8.77. The van der Waals surface area contributed by atoms with Crippen LogP contribution in [0.2, 0.25) is 0 Å². The highest BCUT2D eigenvalue weighted by molar-refractivity contribution is 7.99. The van der Waals surface area contributed by atoms with Crippen molar-refractivity contribution in [2.24, 2.45) is 0 Å². The van der Waals surface area contributed by atoms with Crippen LogP contribution in [0.5, 0.6) is 11.5 Å². The molecular formula is C32H28F6O2S. The van der Waals surface area contributed by atoms with E-state index in [0.717, 1.165) is 20.9 Å². The largest absolute Gasteiger partial charge is 0.507 e. The average molecular weight is 591 g/mol. The lowest BCUT2D eigenvalue weighted by Crippen LogP contribution is -2.27. The van der Waals surface area contributed by atoms with E-state index < -0.39 is 30.6 Å². The molecule has 0 bridgehead atoms. The summed E-state index contributed by atoms with van der Waals surface area (Å²) in [5, 5.41) is 12.4. The van der Waals surface area contributed by atoms with Gasteiger partial charge in [0.1, 0.15) is 11.5 Å². The SMILES string of the molecule is COc1cc2c(O)cc3c(c2cc1Sc1ccccc1)-c1ccccc1C3(CCCC(F)(F)F)CCCC(F)(F)F. The van der Waals surface area contributed by atoms with Crippen LogP contribution in [0.4, 0.5) is 26.3 Å². The number of halogens is 6. The summed E-state index contributed by atoms with van der Waals surface area (Å²) >= 11 is 1.46. The number of aromatic hydroxyl groups is 1. The van der Waals surface area contributed by atoms with E-state index in [2.05, 4.69) is 0 Å². The van der Waals surface area contributed by atoms with Gasteiger partial charge in [0, 0.05) is 28.5 Å². The average Bonchev–Trinajstić information content (AvgIpc) is 3.17. The molecule has 1 N–H and O–H groups in total. The highest BCUT2D eigenvalue weighted by Gasteiger charge is 2.45. The van der Waals surface area contributed by atoms with Crippen molar-refractivity contribution in [1.29, 1.82) is 0 Å². The van der Waals surface area contributed by atoms with Gasteiger partial charge in [-0.2, -0.15) is 26.3 Å². The second-order valence-electron chi connectivity index (χ2n) is 10.3. The van der Waals surface area contributed by atoms with E-state index in [1.165, 1.54) is 24.9 Å². The topological polar surface area (TPSA) is 29.5 Å². The lowest BCUT2D eigenvalue weighted by molar-refractivity contribution is -0.136. The number of ether oxygens (including phenoxy) is 1. The molecule has 0 atom stereocenters. The van der Waals surface area contributed by atoms with Crippen molar-refractivity contribution in [3.05, 3.63) is 83.9 Å². The van der Waals surface area contributed by atoms with Gasteiger partial charge in [0.2, 0.25) is 0 Å². The molecule has 2 nitrogen and oxygen atoms in total. The number of hydrogen-bond acceptors (Lipinski definition) is 3. The minimum absolute atomic E-state index is 0.00110. The summed E-state index contributed by atoms with van der Waals surface area (Å²) in [7, 11) is 1.53. The van der Waals surface area contributed by atoms with Crippen LogP contribution in [0.15, 0.2) is 82.6 Å². The lowest BCUT2D eigenvalue weighted by Gasteiger charge is -2.33. The third-order valence-electron chi connectivity index (χ3n) is 7.73. The number of phenolic OH excluding ortho intramolecular Hbond substituents is 1. The molecule has 9 heteroatoms. The van der Waals surface area contributed by atoms with E-state index in [-0.39, 0.29) is 31.4 Å². The molecule has 41 heavy (non-hydrogen) atoms. The van der Waals surface area contributed by atoms with Gasteiger partial charge in [-0.1, -0.05) is 54.2 Å². The predicted molar refractivity (Wildman–Crippen MR) is 149 cm³/mol. The lowest BCUT2D eigenvalue weighted by atomic mass is 9.70. The van der Waals surface area contributed by atoms with Crippen LogP contribution < -0.4 is 4.74 Å². The molecule has 1 aliphatic carbocycles. The van der Waals surface area contributed by atoms with Crippen molar-refractivity contribution in [2.75, 3.05) is 7.11 Å². The molecule has 0 saturated heterocycles. The first-order chi connectivity index (χ1) is 19.4. The van der Waals surface area contributed by atoms with Gasteiger partial charge in [-0.25, -0.2) is 0 Å². The number of phenols is 1. The Morgan fingerprint density at radius 1 is 0.756 bits per heavy atom. The molecule has 4 aromatic carbocycles.